The lowest BCUT2D eigenvalue weighted by atomic mass is 10.2. The van der Waals surface area contributed by atoms with E-state index in [9.17, 15) is 9.18 Å². The minimum absolute atomic E-state index is 0.0473. The molecule has 0 saturated carbocycles. The molecule has 0 atom stereocenters. The summed E-state index contributed by atoms with van der Waals surface area (Å²) in [4.78, 5) is 11.7. The van der Waals surface area contributed by atoms with Crippen LogP contribution in [0.2, 0.25) is 0 Å². The van der Waals surface area contributed by atoms with Crippen molar-refractivity contribution in [1.29, 1.82) is 0 Å². The molecule has 0 aliphatic rings. The van der Waals surface area contributed by atoms with Crippen LogP contribution in [-0.4, -0.2) is 12.5 Å². The van der Waals surface area contributed by atoms with Gasteiger partial charge in [-0.3, -0.25) is 4.79 Å². The van der Waals surface area contributed by atoms with Gasteiger partial charge in [0.15, 0.2) is 0 Å². The van der Waals surface area contributed by atoms with Crippen LogP contribution >= 0.6 is 15.9 Å². The number of carbonyl (C=O) groups excluding carboxylic acids is 1. The van der Waals surface area contributed by atoms with Crippen LogP contribution in [0.5, 0.6) is 0 Å². The van der Waals surface area contributed by atoms with E-state index in [-0.39, 0.29) is 12.3 Å². The molecule has 3 N–H and O–H groups in total. The van der Waals surface area contributed by atoms with E-state index in [4.69, 9.17) is 10.5 Å². The summed E-state index contributed by atoms with van der Waals surface area (Å²) >= 11 is 3.35. The van der Waals surface area contributed by atoms with Crippen LogP contribution in [0, 0.1) is 5.82 Å². The lowest BCUT2D eigenvalue weighted by molar-refractivity contribution is -0.121. The van der Waals surface area contributed by atoms with Gasteiger partial charge in [0.1, 0.15) is 12.4 Å². The molecule has 2 aromatic rings. The zero-order valence-corrected chi connectivity index (χ0v) is 12.7. The Kier molecular flexibility index (Phi) is 5.30. The van der Waals surface area contributed by atoms with Crippen LogP contribution in [0.15, 0.2) is 46.9 Å². The van der Waals surface area contributed by atoms with Crippen molar-refractivity contribution in [2.45, 2.75) is 6.61 Å². The standard InChI is InChI=1S/C15H14BrFN2O2/c16-11-3-1-2-10(6-11)8-21-9-15(20)19-14-7-12(18)4-5-13(14)17/h1-7H,8-9,18H2,(H,19,20). The first-order valence-corrected chi connectivity index (χ1v) is 7.01. The monoisotopic (exact) mass is 352 g/mol. The Balaban J connectivity index is 1.84. The van der Waals surface area contributed by atoms with Gasteiger partial charge in [-0.2, -0.15) is 0 Å². The zero-order valence-electron chi connectivity index (χ0n) is 11.1. The smallest absolute Gasteiger partial charge is 0.250 e. The van der Waals surface area contributed by atoms with Crippen molar-refractivity contribution in [3.05, 3.63) is 58.3 Å². The number of ether oxygens (including phenoxy) is 1. The number of hydrogen-bond donors (Lipinski definition) is 2. The number of carbonyl (C=O) groups is 1. The summed E-state index contributed by atoms with van der Waals surface area (Å²) in [7, 11) is 0. The van der Waals surface area contributed by atoms with E-state index in [0.29, 0.717) is 12.3 Å². The van der Waals surface area contributed by atoms with Crippen molar-refractivity contribution in [3.63, 3.8) is 0 Å². The predicted molar refractivity (Wildman–Crippen MR) is 83.2 cm³/mol. The Morgan fingerprint density at radius 2 is 2.10 bits per heavy atom. The molecule has 0 saturated heterocycles. The summed E-state index contributed by atoms with van der Waals surface area (Å²) in [6.07, 6.45) is 0. The Labute approximate surface area is 130 Å². The number of nitrogen functional groups attached to an aromatic ring is 1. The molecule has 0 aromatic heterocycles. The zero-order chi connectivity index (χ0) is 15.2. The van der Waals surface area contributed by atoms with Crippen molar-refractivity contribution in [3.8, 4) is 0 Å². The highest BCUT2D eigenvalue weighted by Crippen LogP contribution is 2.17. The summed E-state index contributed by atoms with van der Waals surface area (Å²) in [5.74, 6) is -0.973. The summed E-state index contributed by atoms with van der Waals surface area (Å²) < 4.78 is 19.7. The molecule has 0 aliphatic heterocycles. The summed E-state index contributed by atoms with van der Waals surface area (Å²) in [6.45, 7) is 0.132. The molecule has 2 rings (SSSR count). The van der Waals surface area contributed by atoms with Crippen molar-refractivity contribution < 1.29 is 13.9 Å². The molecule has 0 fully saturated rings. The second kappa shape index (κ2) is 7.19. The molecule has 0 spiro atoms. The third-order valence-corrected chi connectivity index (χ3v) is 3.15. The first kappa shape index (κ1) is 15.5. The molecular formula is C15H14BrFN2O2. The number of rotatable bonds is 5. The number of nitrogens with two attached hydrogens (primary N) is 1. The quantitative estimate of drug-likeness (QED) is 0.811. The Bertz CT molecular complexity index is 649. The summed E-state index contributed by atoms with van der Waals surface area (Å²) in [5.41, 5.74) is 6.90. The Morgan fingerprint density at radius 1 is 1.29 bits per heavy atom. The molecular weight excluding hydrogens is 339 g/mol. The van der Waals surface area contributed by atoms with E-state index in [1.54, 1.807) is 0 Å². The SMILES string of the molecule is Nc1ccc(F)c(NC(=O)COCc2cccc(Br)c2)c1. The van der Waals surface area contributed by atoms with E-state index < -0.39 is 11.7 Å². The van der Waals surface area contributed by atoms with Gasteiger partial charge in [0.25, 0.3) is 0 Å². The van der Waals surface area contributed by atoms with E-state index in [1.807, 2.05) is 24.3 Å². The van der Waals surface area contributed by atoms with Crippen LogP contribution in [0.25, 0.3) is 0 Å². The fraction of sp³-hybridized carbons (Fsp3) is 0.133. The predicted octanol–water partition coefficient (Wildman–Crippen LogP) is 3.33. The summed E-state index contributed by atoms with van der Waals surface area (Å²) in [6, 6.07) is 11.6. The van der Waals surface area contributed by atoms with Gasteiger partial charge in [-0.05, 0) is 35.9 Å². The van der Waals surface area contributed by atoms with E-state index in [2.05, 4.69) is 21.2 Å². The van der Waals surface area contributed by atoms with Crippen LogP contribution in [0.3, 0.4) is 0 Å². The highest BCUT2D eigenvalue weighted by molar-refractivity contribution is 9.10. The largest absolute Gasteiger partial charge is 0.399 e. The molecule has 6 heteroatoms. The van der Waals surface area contributed by atoms with Crippen LogP contribution in [-0.2, 0) is 16.1 Å². The van der Waals surface area contributed by atoms with Gasteiger partial charge in [0.05, 0.1) is 12.3 Å². The Morgan fingerprint density at radius 3 is 2.86 bits per heavy atom. The van der Waals surface area contributed by atoms with Crippen molar-refractivity contribution >= 4 is 33.2 Å². The van der Waals surface area contributed by atoms with Crippen molar-refractivity contribution in [2.24, 2.45) is 0 Å². The van der Waals surface area contributed by atoms with E-state index in [0.717, 1.165) is 10.0 Å². The second-order valence-corrected chi connectivity index (χ2v) is 5.33. The normalized spacial score (nSPS) is 10.4. The fourth-order valence-electron chi connectivity index (χ4n) is 1.71. The molecule has 110 valence electrons. The molecule has 4 nitrogen and oxygen atoms in total. The van der Waals surface area contributed by atoms with Crippen LogP contribution in [0.4, 0.5) is 15.8 Å². The van der Waals surface area contributed by atoms with Gasteiger partial charge in [0, 0.05) is 10.2 Å². The number of anilines is 2. The lowest BCUT2D eigenvalue weighted by Gasteiger charge is -2.08. The molecule has 1 amide bonds. The average molecular weight is 353 g/mol. The lowest BCUT2D eigenvalue weighted by Crippen LogP contribution is -2.19. The fourth-order valence-corrected chi connectivity index (χ4v) is 2.16. The maximum Gasteiger partial charge on any atom is 0.250 e. The third kappa shape index (κ3) is 4.84. The highest BCUT2D eigenvalue weighted by Gasteiger charge is 2.07. The van der Waals surface area contributed by atoms with E-state index >= 15 is 0 Å². The number of hydrogen-bond acceptors (Lipinski definition) is 3. The molecule has 21 heavy (non-hydrogen) atoms. The van der Waals surface area contributed by atoms with Gasteiger partial charge >= 0.3 is 0 Å². The topological polar surface area (TPSA) is 64.3 Å². The number of halogens is 2. The molecule has 0 bridgehead atoms. The van der Waals surface area contributed by atoms with Crippen molar-refractivity contribution in [2.75, 3.05) is 17.7 Å². The molecule has 2 aromatic carbocycles. The molecule has 0 heterocycles. The molecule has 0 radical (unpaired) electrons. The van der Waals surface area contributed by atoms with E-state index in [1.165, 1.54) is 18.2 Å². The van der Waals surface area contributed by atoms with Gasteiger partial charge in [-0.1, -0.05) is 28.1 Å². The molecule has 0 aliphatic carbocycles. The average Bonchev–Trinajstić information content (AvgIpc) is 2.43. The van der Waals surface area contributed by atoms with Gasteiger partial charge in [-0.15, -0.1) is 0 Å². The van der Waals surface area contributed by atoms with Crippen molar-refractivity contribution in [1.82, 2.24) is 0 Å². The maximum absolute atomic E-state index is 13.4. The van der Waals surface area contributed by atoms with Gasteiger partial charge in [-0.25, -0.2) is 4.39 Å². The van der Waals surface area contributed by atoms with Crippen LogP contribution < -0.4 is 11.1 Å². The van der Waals surface area contributed by atoms with Gasteiger partial charge < -0.3 is 15.8 Å². The third-order valence-electron chi connectivity index (χ3n) is 2.66. The minimum atomic E-state index is -0.537. The Hall–Kier alpha value is -1.92. The summed E-state index contributed by atoms with van der Waals surface area (Å²) in [5, 5.41) is 2.42. The maximum atomic E-state index is 13.4. The second-order valence-electron chi connectivity index (χ2n) is 4.41. The first-order valence-electron chi connectivity index (χ1n) is 6.21. The number of nitrogens with one attached hydrogen (secondary N) is 1. The van der Waals surface area contributed by atoms with Gasteiger partial charge in [0.2, 0.25) is 5.91 Å². The highest BCUT2D eigenvalue weighted by atomic mass is 79.9. The number of amides is 1. The van der Waals surface area contributed by atoms with Crippen LogP contribution in [0.1, 0.15) is 5.56 Å². The molecule has 0 unspecified atom stereocenters. The number of benzene rings is 2. The first-order chi connectivity index (χ1) is 10.0. The minimum Gasteiger partial charge on any atom is -0.399 e.